The van der Waals surface area contributed by atoms with Gasteiger partial charge in [-0.05, 0) is 0 Å². The van der Waals surface area contributed by atoms with E-state index in [-0.39, 0.29) is 30.7 Å². The zero-order chi connectivity index (χ0) is 7.42. The summed E-state index contributed by atoms with van der Waals surface area (Å²) in [6, 6.07) is 0. The molecule has 3 aliphatic rings. The number of rotatable bonds is 2. The highest BCUT2D eigenvalue weighted by molar-refractivity contribution is 5.05. The Hall–Kier alpha value is -0.160. The highest BCUT2D eigenvalue weighted by atomic mass is 16.8. The van der Waals surface area contributed by atoms with Crippen molar-refractivity contribution in [3.8, 4) is 0 Å². The number of hydrogen-bond acceptors (Lipinski definition) is 4. The fourth-order valence-electron chi connectivity index (χ4n) is 1.66. The lowest BCUT2D eigenvalue weighted by Gasteiger charge is -2.13. The molecule has 0 saturated carbocycles. The maximum Gasteiger partial charge on any atom is 0.186 e. The zero-order valence-corrected chi connectivity index (χ0v) is 6.23. The predicted molar refractivity (Wildman–Crippen MR) is 34.1 cm³/mol. The van der Waals surface area contributed by atoms with Gasteiger partial charge in [0, 0.05) is 7.11 Å². The minimum atomic E-state index is -0.158. The van der Waals surface area contributed by atoms with E-state index in [2.05, 4.69) is 0 Å². The second kappa shape index (κ2) is 1.95. The lowest BCUT2D eigenvalue weighted by molar-refractivity contribution is -0.162. The molecule has 5 atom stereocenters. The van der Waals surface area contributed by atoms with Crippen molar-refractivity contribution in [1.29, 1.82) is 0 Å². The van der Waals surface area contributed by atoms with Crippen LogP contribution in [0.15, 0.2) is 0 Å². The summed E-state index contributed by atoms with van der Waals surface area (Å²) in [5.74, 6) is 0. The third-order valence-corrected chi connectivity index (χ3v) is 2.40. The van der Waals surface area contributed by atoms with Gasteiger partial charge in [-0.15, -0.1) is 0 Å². The number of ether oxygens (including phenoxy) is 4. The number of methoxy groups -OCH3 is 1. The van der Waals surface area contributed by atoms with Gasteiger partial charge in [0.25, 0.3) is 0 Å². The average Bonchev–Trinajstić information content (AvgIpc) is 2.88. The summed E-state index contributed by atoms with van der Waals surface area (Å²) in [5.41, 5.74) is 0. The van der Waals surface area contributed by atoms with Gasteiger partial charge in [-0.25, -0.2) is 0 Å². The van der Waals surface area contributed by atoms with Crippen molar-refractivity contribution in [2.75, 3.05) is 13.7 Å². The Labute approximate surface area is 64.4 Å². The molecule has 62 valence electrons. The first kappa shape index (κ1) is 6.37. The predicted octanol–water partition coefficient (Wildman–Crippen LogP) is -0.476. The molecule has 0 N–H and O–H groups in total. The van der Waals surface area contributed by atoms with Gasteiger partial charge in [0.15, 0.2) is 6.29 Å². The van der Waals surface area contributed by atoms with E-state index in [4.69, 9.17) is 18.9 Å². The van der Waals surface area contributed by atoms with E-state index in [0.29, 0.717) is 0 Å². The van der Waals surface area contributed by atoms with E-state index in [9.17, 15) is 0 Å². The van der Waals surface area contributed by atoms with Crippen molar-refractivity contribution < 1.29 is 18.9 Å². The molecule has 0 unspecified atom stereocenters. The molecule has 3 aliphatic heterocycles. The number of fused-ring (bicyclic) bond motifs is 1. The van der Waals surface area contributed by atoms with Crippen LogP contribution >= 0.6 is 0 Å². The third-order valence-electron chi connectivity index (χ3n) is 2.40. The molecule has 3 rings (SSSR count). The molecule has 0 radical (unpaired) electrons. The van der Waals surface area contributed by atoms with Crippen LogP contribution in [-0.2, 0) is 18.9 Å². The van der Waals surface area contributed by atoms with Gasteiger partial charge >= 0.3 is 0 Å². The van der Waals surface area contributed by atoms with Crippen LogP contribution in [0.3, 0.4) is 0 Å². The molecule has 3 saturated heterocycles. The van der Waals surface area contributed by atoms with Gasteiger partial charge in [-0.1, -0.05) is 0 Å². The Morgan fingerprint density at radius 3 is 2.55 bits per heavy atom. The van der Waals surface area contributed by atoms with Crippen molar-refractivity contribution in [3.05, 3.63) is 0 Å². The summed E-state index contributed by atoms with van der Waals surface area (Å²) in [6.45, 7) is 0.813. The summed E-state index contributed by atoms with van der Waals surface area (Å²) >= 11 is 0. The smallest absolute Gasteiger partial charge is 0.186 e. The fourth-order valence-corrected chi connectivity index (χ4v) is 1.66. The average molecular weight is 158 g/mol. The van der Waals surface area contributed by atoms with Crippen molar-refractivity contribution in [1.82, 2.24) is 0 Å². The van der Waals surface area contributed by atoms with E-state index in [0.717, 1.165) is 6.61 Å². The van der Waals surface area contributed by atoms with Crippen LogP contribution in [0.25, 0.3) is 0 Å². The summed E-state index contributed by atoms with van der Waals surface area (Å²) in [5, 5.41) is 0. The molecule has 3 fully saturated rings. The van der Waals surface area contributed by atoms with Crippen LogP contribution in [0.2, 0.25) is 0 Å². The standard InChI is InChI=1S/C7H10O4/c1-8-7-6-5(10-6)4(11-7)3-2-9-3/h3-7H,2H2,1H3/t3-,4+,5-,6-,7-/m0/s1. The maximum atomic E-state index is 5.52. The topological polar surface area (TPSA) is 43.5 Å². The molecule has 4 heteroatoms. The van der Waals surface area contributed by atoms with Gasteiger partial charge in [-0.2, -0.15) is 0 Å². The first-order valence-corrected chi connectivity index (χ1v) is 3.85. The van der Waals surface area contributed by atoms with Crippen molar-refractivity contribution in [3.63, 3.8) is 0 Å². The first-order valence-electron chi connectivity index (χ1n) is 3.85. The Balaban J connectivity index is 1.71. The molecule has 0 aromatic carbocycles. The summed E-state index contributed by atoms with van der Waals surface area (Å²) in [6.07, 6.45) is 0.658. The van der Waals surface area contributed by atoms with E-state index >= 15 is 0 Å². The highest BCUT2D eigenvalue weighted by Crippen LogP contribution is 2.43. The Kier molecular flexibility index (Phi) is 1.13. The number of hydrogen-bond donors (Lipinski definition) is 0. The van der Waals surface area contributed by atoms with E-state index in [1.54, 1.807) is 7.11 Å². The molecule has 11 heavy (non-hydrogen) atoms. The van der Waals surface area contributed by atoms with Crippen LogP contribution < -0.4 is 0 Å². The number of epoxide rings is 2. The second-order valence-corrected chi connectivity index (χ2v) is 3.14. The molecule has 3 heterocycles. The summed E-state index contributed by atoms with van der Waals surface area (Å²) in [7, 11) is 1.64. The molecular formula is C7H10O4. The minimum Gasteiger partial charge on any atom is -0.370 e. The quantitative estimate of drug-likeness (QED) is 0.509. The van der Waals surface area contributed by atoms with E-state index in [1.807, 2.05) is 0 Å². The second-order valence-electron chi connectivity index (χ2n) is 3.14. The zero-order valence-electron chi connectivity index (χ0n) is 6.23. The normalized spacial score (nSPS) is 59.2. The van der Waals surface area contributed by atoms with Gasteiger partial charge in [-0.3, -0.25) is 0 Å². The molecular weight excluding hydrogens is 148 g/mol. The van der Waals surface area contributed by atoms with E-state index in [1.165, 1.54) is 0 Å². The minimum absolute atomic E-state index is 0.130. The highest BCUT2D eigenvalue weighted by Gasteiger charge is 2.62. The SMILES string of the molecule is CO[C@H]1O[C@H]([C@@H]2CO2)[C@@H]2O[C@H]12. The molecule has 0 aromatic rings. The Morgan fingerprint density at radius 2 is 2.00 bits per heavy atom. The lowest BCUT2D eigenvalue weighted by atomic mass is 10.2. The fraction of sp³-hybridized carbons (Fsp3) is 1.00. The third kappa shape index (κ3) is 0.840. The summed E-state index contributed by atoms with van der Waals surface area (Å²) < 4.78 is 21.1. The van der Waals surface area contributed by atoms with Crippen LogP contribution in [0.5, 0.6) is 0 Å². The van der Waals surface area contributed by atoms with Crippen LogP contribution in [0.4, 0.5) is 0 Å². The molecule has 0 aromatic heterocycles. The van der Waals surface area contributed by atoms with Crippen LogP contribution in [0, 0.1) is 0 Å². The van der Waals surface area contributed by atoms with Gasteiger partial charge in [0.2, 0.25) is 0 Å². The monoisotopic (exact) mass is 158 g/mol. The molecule has 0 amide bonds. The van der Waals surface area contributed by atoms with Gasteiger partial charge in [0.1, 0.15) is 24.4 Å². The molecule has 0 aliphatic carbocycles. The van der Waals surface area contributed by atoms with E-state index < -0.39 is 0 Å². The first-order chi connectivity index (χ1) is 5.40. The van der Waals surface area contributed by atoms with Gasteiger partial charge < -0.3 is 18.9 Å². The molecule has 0 bridgehead atoms. The Morgan fingerprint density at radius 1 is 1.18 bits per heavy atom. The molecule has 4 nitrogen and oxygen atoms in total. The van der Waals surface area contributed by atoms with Crippen LogP contribution in [-0.4, -0.2) is 44.4 Å². The van der Waals surface area contributed by atoms with Crippen molar-refractivity contribution >= 4 is 0 Å². The lowest BCUT2D eigenvalue weighted by Crippen LogP contribution is -2.25. The molecule has 0 spiro atoms. The van der Waals surface area contributed by atoms with Gasteiger partial charge in [0.05, 0.1) is 6.61 Å². The maximum absolute atomic E-state index is 5.52. The largest absolute Gasteiger partial charge is 0.370 e. The van der Waals surface area contributed by atoms with Crippen molar-refractivity contribution in [2.45, 2.75) is 30.7 Å². The summed E-state index contributed by atoms with van der Waals surface area (Å²) in [4.78, 5) is 0. The Bertz CT molecular complexity index is 179. The van der Waals surface area contributed by atoms with Crippen molar-refractivity contribution in [2.24, 2.45) is 0 Å². The van der Waals surface area contributed by atoms with Crippen LogP contribution in [0.1, 0.15) is 0 Å².